The first-order valence-corrected chi connectivity index (χ1v) is 23.8. The van der Waals surface area contributed by atoms with Crippen LogP contribution < -0.4 is 0 Å². The minimum Gasteiger partial charge on any atom is -0.417 e. The van der Waals surface area contributed by atoms with Gasteiger partial charge in [-0.05, 0) is 92.6 Å². The van der Waals surface area contributed by atoms with E-state index in [2.05, 4.69) is 109 Å². The van der Waals surface area contributed by atoms with Crippen molar-refractivity contribution in [2.24, 2.45) is 5.92 Å². The van der Waals surface area contributed by atoms with Gasteiger partial charge in [0.2, 0.25) is 0 Å². The zero-order valence-electron chi connectivity index (χ0n) is 28.4. The highest BCUT2D eigenvalue weighted by molar-refractivity contribution is 6.74. The standard InChI is InChI=1S/C32H68O3Si3/c1-16-37(17-2,18-3)34-25-23-32(13,35-38(19-4,20-5)21-6)30(9)27-29(8)26-28(7)22-24-33-36(14,15)31(10,11)12/h27-28H,8,16-26H2,1-7,9-15H3/b30-27+/t28-,32+/m0/s1. The van der Waals surface area contributed by atoms with Crippen LogP contribution in [0.4, 0.5) is 0 Å². The molecule has 0 saturated heterocycles. The second-order valence-corrected chi connectivity index (χ2v) is 27.9. The Morgan fingerprint density at radius 3 is 1.68 bits per heavy atom. The van der Waals surface area contributed by atoms with Crippen LogP contribution in [0.3, 0.4) is 0 Å². The zero-order valence-corrected chi connectivity index (χ0v) is 31.4. The predicted octanol–water partition coefficient (Wildman–Crippen LogP) is 11.1. The van der Waals surface area contributed by atoms with Gasteiger partial charge in [-0.15, -0.1) is 0 Å². The summed E-state index contributed by atoms with van der Waals surface area (Å²) in [6.45, 7) is 38.6. The highest BCUT2D eigenvalue weighted by atomic mass is 28.4. The van der Waals surface area contributed by atoms with E-state index in [1.54, 1.807) is 0 Å². The molecule has 0 rings (SSSR count). The van der Waals surface area contributed by atoms with Gasteiger partial charge >= 0.3 is 0 Å². The molecule has 38 heavy (non-hydrogen) atoms. The molecule has 0 aromatic carbocycles. The maximum absolute atomic E-state index is 7.24. The van der Waals surface area contributed by atoms with Crippen LogP contribution in [0.2, 0.25) is 54.4 Å². The van der Waals surface area contributed by atoms with Crippen molar-refractivity contribution in [3.8, 4) is 0 Å². The van der Waals surface area contributed by atoms with Crippen molar-refractivity contribution in [3.63, 3.8) is 0 Å². The lowest BCUT2D eigenvalue weighted by atomic mass is 9.90. The molecule has 0 spiro atoms. The molecule has 0 heterocycles. The molecule has 0 bridgehead atoms. The Morgan fingerprint density at radius 2 is 1.26 bits per heavy atom. The minimum atomic E-state index is -1.80. The van der Waals surface area contributed by atoms with Crippen LogP contribution in [-0.2, 0) is 13.3 Å². The summed E-state index contributed by atoms with van der Waals surface area (Å²) in [6, 6.07) is 7.06. The molecule has 2 atom stereocenters. The van der Waals surface area contributed by atoms with Gasteiger partial charge in [0.05, 0.1) is 5.60 Å². The molecule has 0 aromatic rings. The van der Waals surface area contributed by atoms with Gasteiger partial charge in [-0.3, -0.25) is 0 Å². The molecule has 0 aromatic heterocycles. The summed E-state index contributed by atoms with van der Waals surface area (Å²) >= 11 is 0. The van der Waals surface area contributed by atoms with Gasteiger partial charge in [-0.25, -0.2) is 0 Å². The van der Waals surface area contributed by atoms with Crippen LogP contribution in [0.15, 0.2) is 23.8 Å². The summed E-state index contributed by atoms with van der Waals surface area (Å²) in [5.74, 6) is 0.549. The van der Waals surface area contributed by atoms with Crippen molar-refractivity contribution in [2.45, 2.75) is 162 Å². The van der Waals surface area contributed by atoms with Gasteiger partial charge < -0.3 is 13.3 Å². The van der Waals surface area contributed by atoms with Crippen LogP contribution in [0.25, 0.3) is 0 Å². The van der Waals surface area contributed by atoms with E-state index in [0.29, 0.717) is 5.92 Å². The van der Waals surface area contributed by atoms with E-state index in [0.717, 1.165) is 50.6 Å². The predicted molar refractivity (Wildman–Crippen MR) is 179 cm³/mol. The van der Waals surface area contributed by atoms with E-state index < -0.39 is 25.0 Å². The van der Waals surface area contributed by atoms with E-state index in [1.165, 1.54) is 29.3 Å². The van der Waals surface area contributed by atoms with Crippen LogP contribution in [0.5, 0.6) is 0 Å². The normalized spacial score (nSPS) is 16.4. The Balaban J connectivity index is 5.59. The second kappa shape index (κ2) is 16.5. The molecule has 0 aliphatic rings. The monoisotopic (exact) mass is 584 g/mol. The number of rotatable bonds is 20. The summed E-state index contributed by atoms with van der Waals surface area (Å²) in [5, 5.41) is 0.259. The van der Waals surface area contributed by atoms with Gasteiger partial charge in [0, 0.05) is 19.6 Å². The van der Waals surface area contributed by atoms with E-state index in [9.17, 15) is 0 Å². The molecule has 226 valence electrons. The SMILES string of the molecule is C=C(/C=C(\C)[C@@](C)(CCO[Si](CC)(CC)CC)O[Si](CC)(CC)CC)C[C@@H](C)CCO[Si](C)(C)C(C)(C)C. The van der Waals surface area contributed by atoms with Crippen LogP contribution in [-0.4, -0.2) is 43.8 Å². The number of allylic oxidation sites excluding steroid dienone is 2. The average molecular weight is 585 g/mol. The number of hydrogen-bond donors (Lipinski definition) is 0. The van der Waals surface area contributed by atoms with Crippen LogP contribution >= 0.6 is 0 Å². The third-order valence-electron chi connectivity index (χ3n) is 10.0. The van der Waals surface area contributed by atoms with E-state index in [1.807, 2.05) is 0 Å². The molecule has 0 N–H and O–H groups in total. The lowest BCUT2D eigenvalue weighted by molar-refractivity contribution is 0.0829. The lowest BCUT2D eigenvalue weighted by Gasteiger charge is -2.42. The summed E-state index contributed by atoms with van der Waals surface area (Å²) in [6.07, 6.45) is 5.33. The smallest absolute Gasteiger partial charge is 0.193 e. The third kappa shape index (κ3) is 11.5. The van der Waals surface area contributed by atoms with Crippen LogP contribution in [0, 0.1) is 5.92 Å². The fourth-order valence-electron chi connectivity index (χ4n) is 5.09. The summed E-state index contributed by atoms with van der Waals surface area (Å²) in [5.41, 5.74) is 2.20. The minimum absolute atomic E-state index is 0.259. The zero-order chi connectivity index (χ0) is 29.8. The fourth-order valence-corrected chi connectivity index (χ4v) is 12.0. The Morgan fingerprint density at radius 1 is 0.789 bits per heavy atom. The van der Waals surface area contributed by atoms with Crippen molar-refractivity contribution < 1.29 is 13.3 Å². The fraction of sp³-hybridized carbons (Fsp3) is 0.875. The van der Waals surface area contributed by atoms with Gasteiger partial charge in [0.15, 0.2) is 25.0 Å². The highest BCUT2D eigenvalue weighted by Crippen LogP contribution is 2.38. The largest absolute Gasteiger partial charge is 0.417 e. The average Bonchev–Trinajstić information content (AvgIpc) is 2.84. The summed E-state index contributed by atoms with van der Waals surface area (Å²) in [4.78, 5) is 0. The molecule has 0 aliphatic carbocycles. The van der Waals surface area contributed by atoms with E-state index >= 15 is 0 Å². The molecule has 0 radical (unpaired) electrons. The van der Waals surface area contributed by atoms with Crippen molar-refractivity contribution in [2.75, 3.05) is 13.2 Å². The molecular weight excluding hydrogens is 517 g/mol. The van der Waals surface area contributed by atoms with Crippen LogP contribution in [0.1, 0.15) is 102 Å². The van der Waals surface area contributed by atoms with E-state index in [-0.39, 0.29) is 10.6 Å². The maximum Gasteiger partial charge on any atom is 0.193 e. The lowest BCUT2D eigenvalue weighted by Crippen LogP contribution is -2.47. The van der Waals surface area contributed by atoms with Gasteiger partial charge in [-0.2, -0.15) is 0 Å². The van der Waals surface area contributed by atoms with Crippen molar-refractivity contribution in [1.82, 2.24) is 0 Å². The summed E-state index contributed by atoms with van der Waals surface area (Å²) < 4.78 is 20.4. The molecule has 0 unspecified atom stereocenters. The highest BCUT2D eigenvalue weighted by Gasteiger charge is 2.40. The maximum atomic E-state index is 7.24. The van der Waals surface area contributed by atoms with Crippen molar-refractivity contribution >= 4 is 25.0 Å². The van der Waals surface area contributed by atoms with E-state index in [4.69, 9.17) is 13.3 Å². The Labute approximate surface area is 243 Å². The molecule has 6 heteroatoms. The second-order valence-electron chi connectivity index (χ2n) is 13.6. The first-order valence-electron chi connectivity index (χ1n) is 15.8. The Bertz CT molecular complexity index is 701. The van der Waals surface area contributed by atoms with Gasteiger partial charge in [-0.1, -0.05) is 87.5 Å². The van der Waals surface area contributed by atoms with Gasteiger partial charge in [0.25, 0.3) is 0 Å². The Hall–Kier alpha value is 0.0106. The molecule has 0 fully saturated rings. The third-order valence-corrected chi connectivity index (χ3v) is 24.0. The molecule has 0 amide bonds. The van der Waals surface area contributed by atoms with Crippen molar-refractivity contribution in [3.05, 3.63) is 23.8 Å². The molecule has 0 aliphatic heterocycles. The first kappa shape index (κ1) is 38.0. The molecule has 0 saturated carbocycles. The Kier molecular flexibility index (Phi) is 16.5. The first-order chi connectivity index (χ1) is 17.4. The topological polar surface area (TPSA) is 27.7 Å². The molecular formula is C32H68O3Si3. The quantitative estimate of drug-likeness (QED) is 0.105. The molecule has 3 nitrogen and oxygen atoms in total. The van der Waals surface area contributed by atoms with Gasteiger partial charge in [0.1, 0.15) is 0 Å². The summed E-state index contributed by atoms with van der Waals surface area (Å²) in [7, 11) is -5.10. The number of hydrogen-bond acceptors (Lipinski definition) is 3. The van der Waals surface area contributed by atoms with Crippen molar-refractivity contribution in [1.29, 1.82) is 0 Å².